The molecule has 0 aliphatic heterocycles. The number of ether oxygens (including phenoxy) is 1. The van der Waals surface area contributed by atoms with Crippen molar-refractivity contribution >= 4 is 17.4 Å². The zero-order chi connectivity index (χ0) is 13.0. The number of carbonyl (C=O) groups is 2. The van der Waals surface area contributed by atoms with Gasteiger partial charge < -0.3 is 4.74 Å². The van der Waals surface area contributed by atoms with Crippen LogP contribution in [0.1, 0.15) is 11.1 Å². The average Bonchev–Trinajstić information content (AvgIpc) is 2.29. The molecule has 0 heterocycles. The van der Waals surface area contributed by atoms with Gasteiger partial charge in [-0.1, -0.05) is 12.1 Å². The first-order valence-electron chi connectivity index (χ1n) is 4.80. The van der Waals surface area contributed by atoms with Crippen LogP contribution in [0, 0.1) is 17.0 Å². The van der Waals surface area contributed by atoms with Crippen LogP contribution >= 0.6 is 0 Å². The lowest BCUT2D eigenvalue weighted by molar-refractivity contribution is -0.385. The molecule has 1 rings (SSSR count). The molecule has 1 aromatic carbocycles. The van der Waals surface area contributed by atoms with Crippen LogP contribution in [0.25, 0.3) is 0 Å². The van der Waals surface area contributed by atoms with Gasteiger partial charge in [0.05, 0.1) is 12.0 Å². The maximum atomic E-state index is 11.3. The molecule has 0 saturated heterocycles. The van der Waals surface area contributed by atoms with E-state index >= 15 is 0 Å². The van der Waals surface area contributed by atoms with Crippen LogP contribution in [-0.2, 0) is 20.7 Å². The number of rotatable bonds is 4. The highest BCUT2D eigenvalue weighted by atomic mass is 16.6. The van der Waals surface area contributed by atoms with E-state index in [9.17, 15) is 19.7 Å². The van der Waals surface area contributed by atoms with Gasteiger partial charge in [0.1, 0.15) is 0 Å². The van der Waals surface area contributed by atoms with Crippen molar-refractivity contribution in [3.05, 3.63) is 39.4 Å². The SMILES string of the molecule is COC(=O)C(=O)Cc1ccc(C)cc1[N+](=O)[O-]. The number of esters is 1. The van der Waals surface area contributed by atoms with Crippen molar-refractivity contribution in [2.75, 3.05) is 7.11 Å². The summed E-state index contributed by atoms with van der Waals surface area (Å²) in [7, 11) is 1.09. The Kier molecular flexibility index (Phi) is 3.92. The molecular formula is C11H11NO5. The first kappa shape index (κ1) is 12.8. The summed E-state index contributed by atoms with van der Waals surface area (Å²) in [4.78, 5) is 32.4. The van der Waals surface area contributed by atoms with Crippen molar-refractivity contribution in [2.24, 2.45) is 0 Å². The molecule has 17 heavy (non-hydrogen) atoms. The number of Topliss-reactive ketones (excluding diaryl/α,β-unsaturated/α-hetero) is 1. The first-order valence-corrected chi connectivity index (χ1v) is 4.80. The molecule has 0 aliphatic rings. The zero-order valence-corrected chi connectivity index (χ0v) is 9.43. The molecule has 90 valence electrons. The van der Waals surface area contributed by atoms with Gasteiger partial charge in [-0.3, -0.25) is 14.9 Å². The van der Waals surface area contributed by atoms with Crippen LogP contribution in [0.4, 0.5) is 5.69 Å². The van der Waals surface area contributed by atoms with Crippen molar-refractivity contribution in [1.29, 1.82) is 0 Å². The predicted molar refractivity (Wildman–Crippen MR) is 58.6 cm³/mol. The lowest BCUT2D eigenvalue weighted by Gasteiger charge is -2.02. The average molecular weight is 237 g/mol. The summed E-state index contributed by atoms with van der Waals surface area (Å²) < 4.78 is 4.25. The normalized spacial score (nSPS) is 9.76. The van der Waals surface area contributed by atoms with Gasteiger partial charge in [0.2, 0.25) is 5.78 Å². The number of hydrogen-bond acceptors (Lipinski definition) is 5. The number of hydrogen-bond donors (Lipinski definition) is 0. The highest BCUT2D eigenvalue weighted by molar-refractivity contribution is 6.34. The molecule has 0 amide bonds. The van der Waals surface area contributed by atoms with Gasteiger partial charge in [0.25, 0.3) is 5.69 Å². The second-order valence-electron chi connectivity index (χ2n) is 3.48. The van der Waals surface area contributed by atoms with E-state index in [1.807, 2.05) is 0 Å². The molecule has 0 aromatic heterocycles. The predicted octanol–water partition coefficient (Wildman–Crippen LogP) is 1.19. The molecule has 0 spiro atoms. The standard InChI is InChI=1S/C11H11NO5/c1-7-3-4-8(9(5-7)12(15)16)6-10(13)11(14)17-2/h3-5H,6H2,1-2H3. The Hall–Kier alpha value is -2.24. The van der Waals surface area contributed by atoms with Gasteiger partial charge >= 0.3 is 5.97 Å². The Labute approximate surface area is 97.3 Å². The lowest BCUT2D eigenvalue weighted by atomic mass is 10.0. The smallest absolute Gasteiger partial charge is 0.374 e. The largest absolute Gasteiger partial charge is 0.463 e. The minimum absolute atomic E-state index is 0.165. The topological polar surface area (TPSA) is 86.5 Å². The maximum absolute atomic E-state index is 11.3. The third-order valence-corrected chi connectivity index (χ3v) is 2.20. The molecule has 0 N–H and O–H groups in total. The highest BCUT2D eigenvalue weighted by Crippen LogP contribution is 2.20. The van der Waals surface area contributed by atoms with E-state index in [0.29, 0.717) is 5.56 Å². The fraction of sp³-hybridized carbons (Fsp3) is 0.273. The highest BCUT2D eigenvalue weighted by Gasteiger charge is 2.21. The summed E-state index contributed by atoms with van der Waals surface area (Å²) in [5.41, 5.74) is 0.754. The van der Waals surface area contributed by atoms with E-state index in [1.165, 1.54) is 12.1 Å². The number of aryl methyl sites for hydroxylation is 1. The third kappa shape index (κ3) is 3.10. The van der Waals surface area contributed by atoms with Crippen molar-refractivity contribution in [3.8, 4) is 0 Å². The lowest BCUT2D eigenvalue weighted by Crippen LogP contribution is -2.18. The first-order chi connectivity index (χ1) is 7.95. The van der Waals surface area contributed by atoms with Gasteiger partial charge in [-0.25, -0.2) is 4.79 Å². The number of carbonyl (C=O) groups excluding carboxylic acids is 2. The fourth-order valence-corrected chi connectivity index (χ4v) is 1.35. The Morgan fingerprint density at radius 1 is 1.41 bits per heavy atom. The second-order valence-corrected chi connectivity index (χ2v) is 3.48. The van der Waals surface area contributed by atoms with Crippen LogP contribution in [0.5, 0.6) is 0 Å². The van der Waals surface area contributed by atoms with Gasteiger partial charge in [0.15, 0.2) is 0 Å². The molecule has 0 atom stereocenters. The Morgan fingerprint density at radius 3 is 2.59 bits per heavy atom. The minimum Gasteiger partial charge on any atom is -0.463 e. The van der Waals surface area contributed by atoms with Gasteiger partial charge in [-0.2, -0.15) is 0 Å². The minimum atomic E-state index is -1.00. The molecule has 1 aromatic rings. The van der Waals surface area contributed by atoms with Crippen molar-refractivity contribution in [2.45, 2.75) is 13.3 Å². The van der Waals surface area contributed by atoms with Crippen molar-refractivity contribution in [3.63, 3.8) is 0 Å². The third-order valence-electron chi connectivity index (χ3n) is 2.20. The maximum Gasteiger partial charge on any atom is 0.374 e. The molecule has 6 nitrogen and oxygen atoms in total. The quantitative estimate of drug-likeness (QED) is 0.339. The number of nitro benzene ring substituents is 1. The van der Waals surface area contributed by atoms with Crippen LogP contribution in [0.2, 0.25) is 0 Å². The second kappa shape index (κ2) is 5.20. The van der Waals surface area contributed by atoms with Crippen LogP contribution in [-0.4, -0.2) is 23.8 Å². The monoisotopic (exact) mass is 237 g/mol. The molecule has 0 bridgehead atoms. The molecule has 0 unspecified atom stereocenters. The summed E-state index contributed by atoms with van der Waals surface area (Å²) in [5, 5.41) is 10.8. The van der Waals surface area contributed by atoms with Crippen LogP contribution in [0.3, 0.4) is 0 Å². The van der Waals surface area contributed by atoms with Gasteiger partial charge in [-0.15, -0.1) is 0 Å². The zero-order valence-electron chi connectivity index (χ0n) is 9.43. The van der Waals surface area contributed by atoms with Crippen molar-refractivity contribution in [1.82, 2.24) is 0 Å². The van der Waals surface area contributed by atoms with E-state index in [2.05, 4.69) is 4.74 Å². The number of methoxy groups -OCH3 is 1. The number of nitrogens with zero attached hydrogens (tertiary/aromatic N) is 1. The van der Waals surface area contributed by atoms with Crippen LogP contribution < -0.4 is 0 Å². The molecule has 0 fully saturated rings. The summed E-state index contributed by atoms with van der Waals surface area (Å²) in [6.07, 6.45) is -0.330. The van der Waals surface area contributed by atoms with Gasteiger partial charge in [0, 0.05) is 18.1 Å². The van der Waals surface area contributed by atoms with E-state index < -0.39 is 16.7 Å². The van der Waals surface area contributed by atoms with Crippen molar-refractivity contribution < 1.29 is 19.2 Å². The van der Waals surface area contributed by atoms with Crippen LogP contribution in [0.15, 0.2) is 18.2 Å². The van der Waals surface area contributed by atoms with Gasteiger partial charge in [-0.05, 0) is 12.5 Å². The van der Waals surface area contributed by atoms with E-state index in [-0.39, 0.29) is 17.7 Å². The number of nitro groups is 1. The molecule has 6 heteroatoms. The van der Waals surface area contributed by atoms with E-state index in [0.717, 1.165) is 7.11 Å². The summed E-state index contributed by atoms with van der Waals surface area (Å²) in [5.74, 6) is -1.81. The molecule has 0 saturated carbocycles. The Bertz CT molecular complexity index is 481. The molecule has 0 aliphatic carbocycles. The van der Waals surface area contributed by atoms with E-state index in [1.54, 1.807) is 13.0 Å². The molecule has 0 radical (unpaired) electrons. The number of ketones is 1. The Morgan fingerprint density at radius 2 is 2.06 bits per heavy atom. The Balaban J connectivity index is 3.02. The fourth-order valence-electron chi connectivity index (χ4n) is 1.35. The van der Waals surface area contributed by atoms with E-state index in [4.69, 9.17) is 0 Å². The summed E-state index contributed by atoms with van der Waals surface area (Å²) in [6, 6.07) is 4.47. The summed E-state index contributed by atoms with van der Waals surface area (Å²) >= 11 is 0. The number of benzene rings is 1. The molecular weight excluding hydrogens is 226 g/mol. The summed E-state index contributed by atoms with van der Waals surface area (Å²) in [6.45, 7) is 1.71.